The SMILES string of the molecule is CCC(C)N1CC(=O)N(c2ccc(C)cc2)C1=O. The van der Waals surface area contributed by atoms with Crippen molar-refractivity contribution in [3.05, 3.63) is 29.8 Å². The van der Waals surface area contributed by atoms with Crippen LogP contribution in [0.1, 0.15) is 25.8 Å². The fourth-order valence-electron chi connectivity index (χ4n) is 2.03. The van der Waals surface area contributed by atoms with E-state index >= 15 is 0 Å². The van der Waals surface area contributed by atoms with E-state index < -0.39 is 0 Å². The van der Waals surface area contributed by atoms with E-state index in [1.54, 1.807) is 4.90 Å². The molecule has 0 aromatic heterocycles. The molecule has 4 heteroatoms. The van der Waals surface area contributed by atoms with Gasteiger partial charge < -0.3 is 4.90 Å². The van der Waals surface area contributed by atoms with Gasteiger partial charge in [-0.2, -0.15) is 0 Å². The van der Waals surface area contributed by atoms with Crippen molar-refractivity contribution in [2.24, 2.45) is 0 Å². The van der Waals surface area contributed by atoms with Crippen molar-refractivity contribution >= 4 is 17.6 Å². The molecule has 1 aliphatic heterocycles. The Kier molecular flexibility index (Phi) is 3.36. The highest BCUT2D eigenvalue weighted by Gasteiger charge is 2.38. The molecule has 4 nitrogen and oxygen atoms in total. The highest BCUT2D eigenvalue weighted by Crippen LogP contribution is 2.23. The third-order valence-electron chi connectivity index (χ3n) is 3.41. The second kappa shape index (κ2) is 4.80. The summed E-state index contributed by atoms with van der Waals surface area (Å²) in [6.07, 6.45) is 0.848. The number of carbonyl (C=O) groups excluding carboxylic acids is 2. The lowest BCUT2D eigenvalue weighted by atomic mass is 10.2. The monoisotopic (exact) mass is 246 g/mol. The Balaban J connectivity index is 2.27. The number of carbonyl (C=O) groups is 2. The summed E-state index contributed by atoms with van der Waals surface area (Å²) in [7, 11) is 0. The minimum absolute atomic E-state index is 0.0944. The second-order valence-corrected chi connectivity index (χ2v) is 4.73. The summed E-state index contributed by atoms with van der Waals surface area (Å²) in [5.74, 6) is -0.149. The lowest BCUT2D eigenvalue weighted by Crippen LogP contribution is -2.37. The Hall–Kier alpha value is -1.84. The number of rotatable bonds is 3. The van der Waals surface area contributed by atoms with Gasteiger partial charge in [0.1, 0.15) is 6.54 Å². The van der Waals surface area contributed by atoms with Gasteiger partial charge in [0.15, 0.2) is 0 Å². The molecule has 1 aliphatic rings. The van der Waals surface area contributed by atoms with E-state index in [0.717, 1.165) is 12.0 Å². The van der Waals surface area contributed by atoms with Crippen LogP contribution in [0.3, 0.4) is 0 Å². The highest BCUT2D eigenvalue weighted by molar-refractivity contribution is 6.19. The quantitative estimate of drug-likeness (QED) is 0.769. The fourth-order valence-corrected chi connectivity index (χ4v) is 2.03. The molecule has 0 saturated carbocycles. The minimum Gasteiger partial charge on any atom is -0.312 e. The molecule has 3 amide bonds. The van der Waals surface area contributed by atoms with Crippen molar-refractivity contribution in [2.45, 2.75) is 33.2 Å². The van der Waals surface area contributed by atoms with Crippen LogP contribution in [0.25, 0.3) is 0 Å². The standard InChI is InChI=1S/C14H18N2O2/c1-4-11(3)15-9-13(17)16(14(15)18)12-7-5-10(2)6-8-12/h5-8,11H,4,9H2,1-3H3. The molecule has 1 aromatic carbocycles. The van der Waals surface area contributed by atoms with Crippen LogP contribution in [0.2, 0.25) is 0 Å². The number of benzene rings is 1. The maximum Gasteiger partial charge on any atom is 0.332 e. The zero-order chi connectivity index (χ0) is 13.3. The van der Waals surface area contributed by atoms with E-state index in [1.165, 1.54) is 4.90 Å². The lowest BCUT2D eigenvalue weighted by molar-refractivity contribution is -0.116. The van der Waals surface area contributed by atoms with Crippen LogP contribution < -0.4 is 4.90 Å². The van der Waals surface area contributed by atoms with Crippen LogP contribution in [0.15, 0.2) is 24.3 Å². The lowest BCUT2D eigenvalue weighted by Gasteiger charge is -2.22. The molecule has 2 rings (SSSR count). The first-order chi connectivity index (χ1) is 8.54. The molecule has 0 N–H and O–H groups in total. The Morgan fingerprint density at radius 1 is 1.22 bits per heavy atom. The van der Waals surface area contributed by atoms with E-state index in [1.807, 2.05) is 45.0 Å². The van der Waals surface area contributed by atoms with Gasteiger partial charge >= 0.3 is 6.03 Å². The number of aryl methyl sites for hydroxylation is 1. The second-order valence-electron chi connectivity index (χ2n) is 4.73. The molecule has 1 saturated heterocycles. The average Bonchev–Trinajstić information content (AvgIpc) is 2.65. The van der Waals surface area contributed by atoms with E-state index in [2.05, 4.69) is 0 Å². The van der Waals surface area contributed by atoms with Gasteiger partial charge in [0.25, 0.3) is 5.91 Å². The molecule has 18 heavy (non-hydrogen) atoms. The van der Waals surface area contributed by atoms with Crippen molar-refractivity contribution in [3.63, 3.8) is 0 Å². The first-order valence-electron chi connectivity index (χ1n) is 6.24. The van der Waals surface area contributed by atoms with Gasteiger partial charge in [0.2, 0.25) is 0 Å². The normalized spacial score (nSPS) is 17.5. The van der Waals surface area contributed by atoms with Crippen molar-refractivity contribution < 1.29 is 9.59 Å². The number of anilines is 1. The molecule has 96 valence electrons. The Bertz CT molecular complexity index is 467. The van der Waals surface area contributed by atoms with Crippen molar-refractivity contribution in [1.29, 1.82) is 0 Å². The summed E-state index contributed by atoms with van der Waals surface area (Å²) in [5.41, 5.74) is 1.76. The van der Waals surface area contributed by atoms with Gasteiger partial charge in [-0.3, -0.25) is 4.79 Å². The topological polar surface area (TPSA) is 40.6 Å². The molecule has 1 atom stereocenters. The summed E-state index contributed by atoms with van der Waals surface area (Å²) < 4.78 is 0. The van der Waals surface area contributed by atoms with Gasteiger partial charge in [-0.25, -0.2) is 9.69 Å². The first kappa shape index (κ1) is 12.6. The summed E-state index contributed by atoms with van der Waals surface area (Å²) in [6, 6.07) is 7.32. The van der Waals surface area contributed by atoms with Crippen LogP contribution in [0, 0.1) is 6.92 Å². The van der Waals surface area contributed by atoms with E-state index in [0.29, 0.717) is 5.69 Å². The highest BCUT2D eigenvalue weighted by atomic mass is 16.2. The maximum absolute atomic E-state index is 12.2. The Morgan fingerprint density at radius 2 is 1.83 bits per heavy atom. The van der Waals surface area contributed by atoms with E-state index in [9.17, 15) is 9.59 Å². The molecule has 0 aliphatic carbocycles. The van der Waals surface area contributed by atoms with Gasteiger partial charge in [-0.1, -0.05) is 24.6 Å². The summed E-state index contributed by atoms with van der Waals surface area (Å²) in [4.78, 5) is 27.1. The number of amides is 3. The van der Waals surface area contributed by atoms with Crippen LogP contribution in [0.5, 0.6) is 0 Å². The summed E-state index contributed by atoms with van der Waals surface area (Å²) >= 11 is 0. The van der Waals surface area contributed by atoms with Crippen LogP contribution in [0.4, 0.5) is 10.5 Å². The molecule has 1 fully saturated rings. The number of hydrogen-bond acceptors (Lipinski definition) is 2. The minimum atomic E-state index is -0.210. The van der Waals surface area contributed by atoms with Gasteiger partial charge in [0.05, 0.1) is 5.69 Å². The third kappa shape index (κ3) is 2.10. The fraction of sp³-hybridized carbons (Fsp3) is 0.429. The van der Waals surface area contributed by atoms with Gasteiger partial charge in [0, 0.05) is 6.04 Å². The summed E-state index contributed by atoms with van der Waals surface area (Å²) in [6.45, 7) is 6.13. The molecule has 1 unspecified atom stereocenters. The molecule has 0 spiro atoms. The van der Waals surface area contributed by atoms with Crippen molar-refractivity contribution in [2.75, 3.05) is 11.4 Å². The number of nitrogens with zero attached hydrogens (tertiary/aromatic N) is 2. The smallest absolute Gasteiger partial charge is 0.312 e. The third-order valence-corrected chi connectivity index (χ3v) is 3.41. The van der Waals surface area contributed by atoms with Crippen molar-refractivity contribution in [1.82, 2.24) is 4.90 Å². The van der Waals surface area contributed by atoms with Crippen LogP contribution >= 0.6 is 0 Å². The van der Waals surface area contributed by atoms with Crippen molar-refractivity contribution in [3.8, 4) is 0 Å². The Morgan fingerprint density at radius 3 is 2.39 bits per heavy atom. The number of hydrogen-bond donors (Lipinski definition) is 0. The molecular formula is C14H18N2O2. The largest absolute Gasteiger partial charge is 0.332 e. The Labute approximate surface area is 107 Å². The predicted octanol–water partition coefficient (Wildman–Crippen LogP) is 2.56. The number of imide groups is 1. The van der Waals surface area contributed by atoms with Gasteiger partial charge in [-0.15, -0.1) is 0 Å². The molecule has 0 bridgehead atoms. The molecule has 1 heterocycles. The van der Waals surface area contributed by atoms with E-state index in [4.69, 9.17) is 0 Å². The van der Waals surface area contributed by atoms with Crippen LogP contribution in [-0.4, -0.2) is 29.4 Å². The zero-order valence-corrected chi connectivity index (χ0v) is 11.0. The van der Waals surface area contributed by atoms with Crippen LogP contribution in [-0.2, 0) is 4.79 Å². The predicted molar refractivity (Wildman–Crippen MR) is 70.5 cm³/mol. The molecule has 0 radical (unpaired) electrons. The molecule has 1 aromatic rings. The van der Waals surface area contributed by atoms with Gasteiger partial charge in [-0.05, 0) is 32.4 Å². The first-order valence-corrected chi connectivity index (χ1v) is 6.24. The zero-order valence-electron chi connectivity index (χ0n) is 11.0. The molecular weight excluding hydrogens is 228 g/mol. The maximum atomic E-state index is 12.2. The summed E-state index contributed by atoms with van der Waals surface area (Å²) in [5, 5.41) is 0. The number of urea groups is 1. The van der Waals surface area contributed by atoms with E-state index in [-0.39, 0.29) is 24.5 Å². The average molecular weight is 246 g/mol.